The molecule has 0 spiro atoms. The van der Waals surface area contributed by atoms with E-state index in [0.29, 0.717) is 0 Å². The SMILES string of the molecule is COC(=O)CNC(=O)COC1CNC1.Cl. The topological polar surface area (TPSA) is 76.7 Å². The zero-order valence-corrected chi connectivity index (χ0v) is 9.26. The lowest BCUT2D eigenvalue weighted by Gasteiger charge is -2.26. The number of nitrogens with one attached hydrogen (secondary N) is 2. The van der Waals surface area contributed by atoms with Crippen LogP contribution in [0.1, 0.15) is 0 Å². The van der Waals surface area contributed by atoms with Crippen LogP contribution >= 0.6 is 12.4 Å². The van der Waals surface area contributed by atoms with E-state index < -0.39 is 5.97 Å². The second-order valence-electron chi connectivity index (χ2n) is 2.94. The van der Waals surface area contributed by atoms with Crippen LogP contribution in [0.4, 0.5) is 0 Å². The van der Waals surface area contributed by atoms with Crippen molar-refractivity contribution in [3.8, 4) is 0 Å². The van der Waals surface area contributed by atoms with Crippen LogP contribution in [-0.2, 0) is 19.1 Å². The van der Waals surface area contributed by atoms with E-state index in [-0.39, 0.29) is 37.6 Å². The molecule has 0 unspecified atom stereocenters. The van der Waals surface area contributed by atoms with E-state index in [4.69, 9.17) is 4.74 Å². The summed E-state index contributed by atoms with van der Waals surface area (Å²) in [5.74, 6) is -0.772. The lowest BCUT2D eigenvalue weighted by atomic mass is 10.2. The molecule has 0 atom stereocenters. The molecule has 1 heterocycles. The van der Waals surface area contributed by atoms with Crippen LogP contribution < -0.4 is 10.6 Å². The molecule has 0 aliphatic carbocycles. The first-order valence-electron chi connectivity index (χ1n) is 4.38. The van der Waals surface area contributed by atoms with Gasteiger partial charge < -0.3 is 20.1 Å². The van der Waals surface area contributed by atoms with E-state index in [2.05, 4.69) is 15.4 Å². The van der Waals surface area contributed by atoms with Crippen molar-refractivity contribution >= 4 is 24.3 Å². The number of rotatable bonds is 5. The van der Waals surface area contributed by atoms with Gasteiger partial charge in [0.2, 0.25) is 5.91 Å². The van der Waals surface area contributed by atoms with Crippen LogP contribution in [0.15, 0.2) is 0 Å². The van der Waals surface area contributed by atoms with Gasteiger partial charge in [-0.2, -0.15) is 0 Å². The number of halogens is 1. The Balaban J connectivity index is 0.00000196. The van der Waals surface area contributed by atoms with Gasteiger partial charge in [0.25, 0.3) is 0 Å². The average molecular weight is 239 g/mol. The van der Waals surface area contributed by atoms with Crippen molar-refractivity contribution in [3.63, 3.8) is 0 Å². The molecule has 0 bridgehead atoms. The third kappa shape index (κ3) is 5.56. The van der Waals surface area contributed by atoms with Gasteiger partial charge in [-0.25, -0.2) is 0 Å². The molecule has 1 aliphatic heterocycles. The maximum absolute atomic E-state index is 11.0. The van der Waals surface area contributed by atoms with Crippen LogP contribution in [0.3, 0.4) is 0 Å². The number of methoxy groups -OCH3 is 1. The van der Waals surface area contributed by atoms with Crippen LogP contribution in [0.25, 0.3) is 0 Å². The molecule has 7 heteroatoms. The van der Waals surface area contributed by atoms with Gasteiger partial charge in [0.15, 0.2) is 0 Å². The van der Waals surface area contributed by atoms with Gasteiger partial charge in [0, 0.05) is 13.1 Å². The Hall–Kier alpha value is -0.850. The van der Waals surface area contributed by atoms with Crippen molar-refractivity contribution in [1.29, 1.82) is 0 Å². The predicted octanol–water partition coefficient (Wildman–Crippen LogP) is -1.31. The Kier molecular flexibility index (Phi) is 7.02. The summed E-state index contributed by atoms with van der Waals surface area (Å²) in [5, 5.41) is 5.39. The summed E-state index contributed by atoms with van der Waals surface area (Å²) in [6.45, 7) is 1.44. The molecule has 1 fully saturated rings. The highest BCUT2D eigenvalue weighted by molar-refractivity contribution is 5.85. The molecule has 0 radical (unpaired) electrons. The molecule has 1 amide bonds. The summed E-state index contributed by atoms with van der Waals surface area (Å²) in [4.78, 5) is 21.7. The van der Waals surface area contributed by atoms with Gasteiger partial charge in [-0.1, -0.05) is 0 Å². The molecule has 2 N–H and O–H groups in total. The number of carbonyl (C=O) groups excluding carboxylic acids is 2. The number of carbonyl (C=O) groups is 2. The Bertz CT molecular complexity index is 221. The fourth-order valence-electron chi connectivity index (χ4n) is 0.868. The molecule has 0 saturated carbocycles. The Morgan fingerprint density at radius 2 is 2.13 bits per heavy atom. The molecule has 0 aromatic rings. The Morgan fingerprint density at radius 3 is 2.60 bits per heavy atom. The predicted molar refractivity (Wildman–Crippen MR) is 54.9 cm³/mol. The average Bonchev–Trinajstić information content (AvgIpc) is 2.11. The standard InChI is InChI=1S/C8H14N2O4.ClH/c1-13-8(12)4-10-7(11)5-14-6-2-9-3-6;/h6,9H,2-5H2,1H3,(H,10,11);1H. The smallest absolute Gasteiger partial charge is 0.325 e. The van der Waals surface area contributed by atoms with Crippen molar-refractivity contribution in [2.75, 3.05) is 33.4 Å². The zero-order valence-electron chi connectivity index (χ0n) is 8.45. The molecule has 0 aromatic heterocycles. The number of esters is 1. The highest BCUT2D eigenvalue weighted by Crippen LogP contribution is 1.96. The van der Waals surface area contributed by atoms with Crippen LogP contribution in [0.5, 0.6) is 0 Å². The van der Waals surface area contributed by atoms with E-state index in [1.54, 1.807) is 0 Å². The fourth-order valence-corrected chi connectivity index (χ4v) is 0.868. The highest BCUT2D eigenvalue weighted by Gasteiger charge is 2.18. The molecule has 6 nitrogen and oxygen atoms in total. The van der Waals surface area contributed by atoms with Gasteiger partial charge in [0.1, 0.15) is 13.2 Å². The molecule has 15 heavy (non-hydrogen) atoms. The number of hydrogen-bond acceptors (Lipinski definition) is 5. The van der Waals surface area contributed by atoms with Crippen LogP contribution in [-0.4, -0.2) is 51.3 Å². The number of ether oxygens (including phenoxy) is 2. The van der Waals surface area contributed by atoms with Gasteiger partial charge in [-0.3, -0.25) is 9.59 Å². The summed E-state index contributed by atoms with van der Waals surface area (Å²) in [5.41, 5.74) is 0. The Labute approximate surface area is 94.1 Å². The van der Waals surface area contributed by atoms with Crippen molar-refractivity contribution in [1.82, 2.24) is 10.6 Å². The normalized spacial score (nSPS) is 14.7. The molecular weight excluding hydrogens is 224 g/mol. The van der Waals surface area contributed by atoms with E-state index >= 15 is 0 Å². The molecule has 1 saturated heterocycles. The maximum atomic E-state index is 11.0. The third-order valence-electron chi connectivity index (χ3n) is 1.85. The van der Waals surface area contributed by atoms with E-state index in [1.807, 2.05) is 0 Å². The first-order chi connectivity index (χ1) is 6.72. The van der Waals surface area contributed by atoms with Crippen molar-refractivity contribution in [2.24, 2.45) is 0 Å². The summed E-state index contributed by atoms with van der Waals surface area (Å²) < 4.78 is 9.53. The maximum Gasteiger partial charge on any atom is 0.325 e. The summed E-state index contributed by atoms with van der Waals surface area (Å²) in [6.07, 6.45) is 0.124. The second-order valence-corrected chi connectivity index (χ2v) is 2.94. The van der Waals surface area contributed by atoms with Crippen LogP contribution in [0.2, 0.25) is 0 Å². The molecule has 88 valence electrons. The summed E-state index contributed by atoms with van der Waals surface area (Å²) >= 11 is 0. The number of amides is 1. The van der Waals surface area contributed by atoms with Gasteiger partial charge in [-0.05, 0) is 0 Å². The molecule has 0 aromatic carbocycles. The third-order valence-corrected chi connectivity index (χ3v) is 1.85. The van der Waals surface area contributed by atoms with Gasteiger partial charge in [0.05, 0.1) is 13.2 Å². The monoisotopic (exact) mass is 238 g/mol. The largest absolute Gasteiger partial charge is 0.468 e. The minimum Gasteiger partial charge on any atom is -0.468 e. The quantitative estimate of drug-likeness (QED) is 0.582. The Morgan fingerprint density at radius 1 is 1.47 bits per heavy atom. The molecular formula is C8H15ClN2O4. The zero-order chi connectivity index (χ0) is 10.4. The van der Waals surface area contributed by atoms with E-state index in [1.165, 1.54) is 7.11 Å². The molecule has 1 rings (SSSR count). The fraction of sp³-hybridized carbons (Fsp3) is 0.750. The minimum absolute atomic E-state index is 0. The lowest BCUT2D eigenvalue weighted by Crippen LogP contribution is -2.49. The van der Waals surface area contributed by atoms with Crippen molar-refractivity contribution < 1.29 is 19.1 Å². The first kappa shape index (κ1) is 14.2. The second kappa shape index (κ2) is 7.44. The van der Waals surface area contributed by atoms with Crippen molar-refractivity contribution in [2.45, 2.75) is 6.10 Å². The van der Waals surface area contributed by atoms with Gasteiger partial charge >= 0.3 is 5.97 Å². The van der Waals surface area contributed by atoms with Crippen LogP contribution in [0, 0.1) is 0 Å². The minimum atomic E-state index is -0.469. The van der Waals surface area contributed by atoms with E-state index in [9.17, 15) is 9.59 Å². The first-order valence-corrected chi connectivity index (χ1v) is 4.38. The lowest BCUT2D eigenvalue weighted by molar-refractivity contribution is -0.142. The van der Waals surface area contributed by atoms with Crippen molar-refractivity contribution in [3.05, 3.63) is 0 Å². The van der Waals surface area contributed by atoms with E-state index in [0.717, 1.165) is 13.1 Å². The number of hydrogen-bond donors (Lipinski definition) is 2. The molecule has 1 aliphatic rings. The highest BCUT2D eigenvalue weighted by atomic mass is 35.5. The summed E-state index contributed by atoms with van der Waals surface area (Å²) in [7, 11) is 1.27. The van der Waals surface area contributed by atoms with Gasteiger partial charge in [-0.15, -0.1) is 12.4 Å². The summed E-state index contributed by atoms with van der Waals surface area (Å²) in [6, 6.07) is 0.